The van der Waals surface area contributed by atoms with Crippen molar-refractivity contribution in [3.63, 3.8) is 0 Å². The van der Waals surface area contributed by atoms with Gasteiger partial charge in [0, 0.05) is 16.6 Å². The number of carbonyl (C=O) groups is 2. The molecule has 1 amide bonds. The summed E-state index contributed by atoms with van der Waals surface area (Å²) in [5.74, 6) is 1.45. The fourth-order valence-electron chi connectivity index (χ4n) is 3.78. The summed E-state index contributed by atoms with van der Waals surface area (Å²) in [5, 5.41) is 2.71. The standard InChI is InChI=1S/C17H20BrNO3/c18-14-3-5-15(6-4-14)19-16(20)10-22-17(21)9-13-8-11-1-2-12(13)7-11/h3-6,11-13H,1-2,7-10H2,(H,19,20)/t11-,12+,13+/m0/s1. The Labute approximate surface area is 138 Å². The van der Waals surface area contributed by atoms with E-state index in [-0.39, 0.29) is 18.5 Å². The highest BCUT2D eigenvalue weighted by Crippen LogP contribution is 2.49. The Bertz CT molecular complexity index is 558. The van der Waals surface area contributed by atoms with E-state index in [2.05, 4.69) is 21.2 Å². The number of ether oxygens (including phenoxy) is 1. The Balaban J connectivity index is 1.39. The summed E-state index contributed by atoms with van der Waals surface area (Å²) >= 11 is 3.33. The molecule has 118 valence electrons. The van der Waals surface area contributed by atoms with E-state index in [1.807, 2.05) is 12.1 Å². The van der Waals surface area contributed by atoms with E-state index in [1.54, 1.807) is 12.1 Å². The third kappa shape index (κ3) is 3.88. The molecule has 4 nitrogen and oxygen atoms in total. The maximum Gasteiger partial charge on any atom is 0.306 e. The van der Waals surface area contributed by atoms with Gasteiger partial charge < -0.3 is 10.1 Å². The maximum atomic E-state index is 11.9. The monoisotopic (exact) mass is 365 g/mol. The van der Waals surface area contributed by atoms with Gasteiger partial charge in [0.15, 0.2) is 6.61 Å². The van der Waals surface area contributed by atoms with Gasteiger partial charge in [0.2, 0.25) is 0 Å². The van der Waals surface area contributed by atoms with E-state index in [0.717, 1.165) is 16.8 Å². The van der Waals surface area contributed by atoms with Crippen LogP contribution in [0.3, 0.4) is 0 Å². The fourth-order valence-corrected chi connectivity index (χ4v) is 4.04. The van der Waals surface area contributed by atoms with E-state index in [1.165, 1.54) is 19.3 Å². The molecule has 0 radical (unpaired) electrons. The van der Waals surface area contributed by atoms with Crippen LogP contribution in [0.25, 0.3) is 0 Å². The van der Waals surface area contributed by atoms with E-state index in [9.17, 15) is 9.59 Å². The lowest BCUT2D eigenvalue weighted by Crippen LogP contribution is -2.23. The van der Waals surface area contributed by atoms with Crippen molar-refractivity contribution in [2.75, 3.05) is 11.9 Å². The number of nitrogens with one attached hydrogen (secondary N) is 1. The van der Waals surface area contributed by atoms with Gasteiger partial charge in [-0.3, -0.25) is 9.59 Å². The predicted octanol–water partition coefficient (Wildman–Crippen LogP) is 3.76. The lowest BCUT2D eigenvalue weighted by molar-refractivity contribution is -0.148. The van der Waals surface area contributed by atoms with Crippen molar-refractivity contribution in [1.82, 2.24) is 0 Å². The van der Waals surface area contributed by atoms with E-state index in [0.29, 0.717) is 23.9 Å². The van der Waals surface area contributed by atoms with Crippen molar-refractivity contribution in [3.8, 4) is 0 Å². The third-order valence-corrected chi connectivity index (χ3v) is 5.33. The Hall–Kier alpha value is -1.36. The van der Waals surface area contributed by atoms with Gasteiger partial charge in [0.05, 0.1) is 0 Å². The first-order valence-corrected chi connectivity index (χ1v) is 8.60. The molecule has 0 spiro atoms. The molecule has 2 bridgehead atoms. The Morgan fingerprint density at radius 2 is 1.95 bits per heavy atom. The minimum absolute atomic E-state index is 0.213. The van der Waals surface area contributed by atoms with Crippen LogP contribution >= 0.6 is 15.9 Å². The second-order valence-corrected chi connectivity index (χ2v) is 7.27. The number of carbonyl (C=O) groups excluding carboxylic acids is 2. The zero-order valence-corrected chi connectivity index (χ0v) is 14.0. The molecule has 1 aromatic carbocycles. The smallest absolute Gasteiger partial charge is 0.306 e. The summed E-state index contributed by atoms with van der Waals surface area (Å²) in [4.78, 5) is 23.6. The molecule has 22 heavy (non-hydrogen) atoms. The molecule has 0 unspecified atom stereocenters. The fraction of sp³-hybridized carbons (Fsp3) is 0.529. The van der Waals surface area contributed by atoms with Crippen LogP contribution in [0, 0.1) is 17.8 Å². The average molecular weight is 366 g/mol. The van der Waals surface area contributed by atoms with Gasteiger partial charge in [-0.05, 0) is 61.3 Å². The highest BCUT2D eigenvalue weighted by molar-refractivity contribution is 9.10. The first kappa shape index (κ1) is 15.5. The van der Waals surface area contributed by atoms with Crippen molar-refractivity contribution < 1.29 is 14.3 Å². The predicted molar refractivity (Wildman–Crippen MR) is 87.3 cm³/mol. The molecule has 0 heterocycles. The van der Waals surface area contributed by atoms with E-state index < -0.39 is 0 Å². The van der Waals surface area contributed by atoms with Crippen LogP contribution < -0.4 is 5.32 Å². The molecule has 2 saturated carbocycles. The van der Waals surface area contributed by atoms with Gasteiger partial charge in [-0.2, -0.15) is 0 Å². The number of rotatable bonds is 5. The molecule has 2 fully saturated rings. The molecule has 2 aliphatic carbocycles. The van der Waals surface area contributed by atoms with Crippen molar-refractivity contribution in [1.29, 1.82) is 0 Å². The van der Waals surface area contributed by atoms with Gasteiger partial charge in [-0.1, -0.05) is 22.4 Å². The van der Waals surface area contributed by atoms with E-state index >= 15 is 0 Å². The summed E-state index contributed by atoms with van der Waals surface area (Å²) in [5.41, 5.74) is 0.692. The molecule has 1 aromatic rings. The van der Waals surface area contributed by atoms with Crippen molar-refractivity contribution in [3.05, 3.63) is 28.7 Å². The number of anilines is 1. The highest BCUT2D eigenvalue weighted by Gasteiger charge is 2.40. The Morgan fingerprint density at radius 3 is 2.59 bits per heavy atom. The lowest BCUT2D eigenvalue weighted by atomic mass is 9.86. The molecule has 0 aromatic heterocycles. The number of hydrogen-bond donors (Lipinski definition) is 1. The normalized spacial score (nSPS) is 26.0. The minimum atomic E-state index is -0.302. The lowest BCUT2D eigenvalue weighted by Gasteiger charge is -2.20. The second-order valence-electron chi connectivity index (χ2n) is 6.35. The quantitative estimate of drug-likeness (QED) is 0.808. The molecule has 3 rings (SSSR count). The number of esters is 1. The number of hydrogen-bond acceptors (Lipinski definition) is 3. The average Bonchev–Trinajstić information content (AvgIpc) is 3.10. The second kappa shape index (κ2) is 6.82. The molecule has 0 aliphatic heterocycles. The van der Waals surface area contributed by atoms with Crippen LogP contribution in [-0.4, -0.2) is 18.5 Å². The van der Waals surface area contributed by atoms with Crippen LogP contribution in [-0.2, 0) is 14.3 Å². The summed E-state index contributed by atoms with van der Waals surface area (Å²) in [6.45, 7) is -0.213. The zero-order valence-electron chi connectivity index (χ0n) is 12.4. The van der Waals surface area contributed by atoms with Crippen molar-refractivity contribution in [2.45, 2.75) is 32.1 Å². The van der Waals surface area contributed by atoms with Crippen LogP contribution in [0.2, 0.25) is 0 Å². The first-order chi connectivity index (χ1) is 10.6. The number of halogens is 1. The molecule has 0 saturated heterocycles. The third-order valence-electron chi connectivity index (χ3n) is 4.81. The van der Waals surface area contributed by atoms with E-state index in [4.69, 9.17) is 4.74 Å². The molecular formula is C17H20BrNO3. The first-order valence-electron chi connectivity index (χ1n) is 7.81. The number of amides is 1. The zero-order chi connectivity index (χ0) is 15.5. The number of benzene rings is 1. The molecule has 5 heteroatoms. The summed E-state index contributed by atoms with van der Waals surface area (Å²) in [7, 11) is 0. The van der Waals surface area contributed by atoms with Gasteiger partial charge in [0.1, 0.15) is 0 Å². The summed E-state index contributed by atoms with van der Waals surface area (Å²) in [6, 6.07) is 7.27. The molecule has 3 atom stereocenters. The Morgan fingerprint density at radius 1 is 1.18 bits per heavy atom. The van der Waals surface area contributed by atoms with Crippen LogP contribution in [0.5, 0.6) is 0 Å². The topological polar surface area (TPSA) is 55.4 Å². The SMILES string of the molecule is O=C(COC(=O)C[C@H]1C[C@H]2CC[C@@H]1C2)Nc1ccc(Br)cc1. The maximum absolute atomic E-state index is 11.9. The van der Waals surface area contributed by atoms with Gasteiger partial charge in [-0.25, -0.2) is 0 Å². The van der Waals surface area contributed by atoms with Gasteiger partial charge in [-0.15, -0.1) is 0 Å². The van der Waals surface area contributed by atoms with Crippen molar-refractivity contribution in [2.24, 2.45) is 17.8 Å². The van der Waals surface area contributed by atoms with Crippen molar-refractivity contribution >= 4 is 33.5 Å². The minimum Gasteiger partial charge on any atom is -0.456 e. The summed E-state index contributed by atoms with van der Waals surface area (Å²) < 4.78 is 6.06. The highest BCUT2D eigenvalue weighted by atomic mass is 79.9. The molecule has 2 aliphatic rings. The van der Waals surface area contributed by atoms with Crippen LogP contribution in [0.15, 0.2) is 28.7 Å². The molecular weight excluding hydrogens is 346 g/mol. The van der Waals surface area contributed by atoms with Crippen LogP contribution in [0.1, 0.15) is 32.1 Å². The number of fused-ring (bicyclic) bond motifs is 2. The molecule has 1 N–H and O–H groups in total. The summed E-state index contributed by atoms with van der Waals surface area (Å²) in [6.07, 6.45) is 5.48. The Kier molecular flexibility index (Phi) is 4.81. The van der Waals surface area contributed by atoms with Gasteiger partial charge >= 0.3 is 5.97 Å². The van der Waals surface area contributed by atoms with Gasteiger partial charge in [0.25, 0.3) is 5.91 Å². The largest absolute Gasteiger partial charge is 0.456 e. The van der Waals surface area contributed by atoms with Crippen LogP contribution in [0.4, 0.5) is 5.69 Å².